The molecule has 47 heavy (non-hydrogen) atoms. The Morgan fingerprint density at radius 2 is 1.04 bits per heavy atom. The maximum atomic E-state index is 2.50. The van der Waals surface area contributed by atoms with Crippen molar-refractivity contribution < 1.29 is 0 Å². The first-order valence-electron chi connectivity index (χ1n) is 16.3. The van der Waals surface area contributed by atoms with E-state index in [1.54, 1.807) is 0 Å². The molecule has 0 saturated carbocycles. The van der Waals surface area contributed by atoms with Gasteiger partial charge >= 0.3 is 0 Å². The van der Waals surface area contributed by atoms with E-state index >= 15 is 0 Å². The minimum absolute atomic E-state index is 0.163. The number of hydrogen-bond donors (Lipinski definition) is 0. The van der Waals surface area contributed by atoms with Gasteiger partial charge < -0.3 is 4.90 Å². The number of para-hydroxylation sites is 1. The van der Waals surface area contributed by atoms with Crippen molar-refractivity contribution in [3.63, 3.8) is 0 Å². The fraction of sp³-hybridized carbons (Fsp3) is 0.0667. The summed E-state index contributed by atoms with van der Waals surface area (Å²) < 4.78 is 2.63. The molecule has 7 aromatic carbocycles. The second-order valence-corrected chi connectivity index (χ2v) is 14.0. The summed E-state index contributed by atoms with van der Waals surface area (Å²) in [4.78, 5) is 2.50. The standard InChI is InChI=1S/C45H33NS/c1-45(2)38-21-9-6-16-33(38)36-20-12-23-40(44(36)45)46(32-28-26-31(27-29-32)30-14-4-3-5-15-30)39-22-10-7-17-34(39)35-19-13-25-42-43(35)37-18-8-11-24-41(37)47-42/h3-29H,1-2H3. The molecule has 9 rings (SSSR count). The lowest BCUT2D eigenvalue weighted by Crippen LogP contribution is -2.21. The van der Waals surface area contributed by atoms with Gasteiger partial charge in [0, 0.05) is 36.8 Å². The van der Waals surface area contributed by atoms with Gasteiger partial charge in [0.05, 0.1) is 11.4 Å². The first-order chi connectivity index (χ1) is 23.1. The van der Waals surface area contributed by atoms with Crippen molar-refractivity contribution in [1.82, 2.24) is 0 Å². The minimum atomic E-state index is -0.163. The molecule has 0 aliphatic heterocycles. The number of benzene rings is 7. The summed E-state index contributed by atoms with van der Waals surface area (Å²) in [6.45, 7) is 4.75. The SMILES string of the molecule is CC1(C)c2ccccc2-c2cccc(N(c3ccc(-c4ccccc4)cc3)c3ccccc3-c3cccc4sc5ccccc5c34)c21. The van der Waals surface area contributed by atoms with Crippen molar-refractivity contribution in [3.8, 4) is 33.4 Å². The number of rotatable bonds is 5. The number of hydrogen-bond acceptors (Lipinski definition) is 2. The molecule has 0 spiro atoms. The van der Waals surface area contributed by atoms with E-state index in [0.717, 1.165) is 5.69 Å². The molecule has 0 N–H and O–H groups in total. The zero-order valence-electron chi connectivity index (χ0n) is 26.4. The third kappa shape index (κ3) is 4.36. The molecule has 0 radical (unpaired) electrons. The molecule has 1 nitrogen and oxygen atoms in total. The quantitative estimate of drug-likeness (QED) is 0.185. The lowest BCUT2D eigenvalue weighted by Gasteiger charge is -2.33. The Labute approximate surface area is 280 Å². The van der Waals surface area contributed by atoms with Crippen LogP contribution in [0.3, 0.4) is 0 Å². The van der Waals surface area contributed by atoms with Gasteiger partial charge in [0.15, 0.2) is 0 Å². The molecule has 0 saturated heterocycles. The molecule has 0 amide bonds. The van der Waals surface area contributed by atoms with E-state index in [1.807, 2.05) is 11.3 Å². The van der Waals surface area contributed by atoms with Crippen LogP contribution < -0.4 is 4.90 Å². The zero-order valence-corrected chi connectivity index (χ0v) is 27.3. The Balaban J connectivity index is 1.31. The molecular weight excluding hydrogens is 587 g/mol. The first kappa shape index (κ1) is 27.8. The third-order valence-electron chi connectivity index (χ3n) is 9.87. The van der Waals surface area contributed by atoms with Crippen LogP contribution >= 0.6 is 11.3 Å². The van der Waals surface area contributed by atoms with Gasteiger partial charge in [-0.25, -0.2) is 0 Å². The van der Waals surface area contributed by atoms with E-state index in [9.17, 15) is 0 Å². The first-order valence-corrected chi connectivity index (χ1v) is 17.1. The van der Waals surface area contributed by atoms with Crippen molar-refractivity contribution in [2.24, 2.45) is 0 Å². The minimum Gasteiger partial charge on any atom is -0.310 e. The van der Waals surface area contributed by atoms with Crippen molar-refractivity contribution in [2.75, 3.05) is 4.90 Å². The van der Waals surface area contributed by atoms with Crippen LogP contribution in [-0.2, 0) is 5.41 Å². The molecule has 1 heterocycles. The summed E-state index contributed by atoms with van der Waals surface area (Å²) in [5.74, 6) is 0. The maximum absolute atomic E-state index is 2.50. The van der Waals surface area contributed by atoms with Gasteiger partial charge in [-0.05, 0) is 75.3 Å². The topological polar surface area (TPSA) is 3.24 Å². The van der Waals surface area contributed by atoms with Gasteiger partial charge in [-0.2, -0.15) is 0 Å². The predicted molar refractivity (Wildman–Crippen MR) is 202 cm³/mol. The monoisotopic (exact) mass is 619 g/mol. The Morgan fingerprint density at radius 3 is 1.89 bits per heavy atom. The molecule has 0 bridgehead atoms. The molecule has 0 unspecified atom stereocenters. The lowest BCUT2D eigenvalue weighted by atomic mass is 9.81. The second kappa shape index (κ2) is 10.8. The Morgan fingerprint density at radius 1 is 0.447 bits per heavy atom. The summed E-state index contributed by atoms with van der Waals surface area (Å²) in [5, 5.41) is 2.64. The number of anilines is 3. The molecule has 224 valence electrons. The van der Waals surface area contributed by atoms with Crippen LogP contribution in [0, 0.1) is 0 Å². The molecule has 1 aliphatic rings. The van der Waals surface area contributed by atoms with E-state index in [2.05, 4.69) is 183 Å². The summed E-state index contributed by atoms with van der Waals surface area (Å²) in [5.41, 5.74) is 13.7. The smallest absolute Gasteiger partial charge is 0.0540 e. The van der Waals surface area contributed by atoms with Gasteiger partial charge in [0.2, 0.25) is 0 Å². The van der Waals surface area contributed by atoms with Crippen LogP contribution in [-0.4, -0.2) is 0 Å². The highest BCUT2D eigenvalue weighted by molar-refractivity contribution is 7.25. The van der Waals surface area contributed by atoms with Crippen molar-refractivity contribution >= 4 is 48.6 Å². The highest BCUT2D eigenvalue weighted by atomic mass is 32.1. The van der Waals surface area contributed by atoms with Crippen LogP contribution in [0.15, 0.2) is 164 Å². The van der Waals surface area contributed by atoms with Gasteiger partial charge in [-0.1, -0.05) is 141 Å². The van der Waals surface area contributed by atoms with E-state index in [-0.39, 0.29) is 5.41 Å². The second-order valence-electron chi connectivity index (χ2n) is 12.9. The molecule has 8 aromatic rings. The average molecular weight is 620 g/mol. The van der Waals surface area contributed by atoms with Crippen LogP contribution in [0.25, 0.3) is 53.6 Å². The Hall–Kier alpha value is -5.44. The van der Waals surface area contributed by atoms with Crippen molar-refractivity contribution in [2.45, 2.75) is 19.3 Å². The highest BCUT2D eigenvalue weighted by Gasteiger charge is 2.39. The number of thiophene rings is 1. The molecule has 2 heteroatoms. The van der Waals surface area contributed by atoms with Crippen molar-refractivity contribution in [1.29, 1.82) is 0 Å². The largest absolute Gasteiger partial charge is 0.310 e. The molecule has 0 fully saturated rings. The summed E-state index contributed by atoms with van der Waals surface area (Å²) in [6, 6.07) is 60.0. The fourth-order valence-corrected chi connectivity index (χ4v) is 8.87. The molecule has 0 atom stereocenters. The number of nitrogens with zero attached hydrogens (tertiary/aromatic N) is 1. The molecule has 1 aliphatic carbocycles. The van der Waals surface area contributed by atoms with Gasteiger partial charge in [0.25, 0.3) is 0 Å². The van der Waals surface area contributed by atoms with E-state index in [4.69, 9.17) is 0 Å². The highest BCUT2D eigenvalue weighted by Crippen LogP contribution is 2.55. The van der Waals surface area contributed by atoms with Crippen LogP contribution in [0.1, 0.15) is 25.0 Å². The van der Waals surface area contributed by atoms with Gasteiger partial charge in [-0.3, -0.25) is 0 Å². The maximum Gasteiger partial charge on any atom is 0.0540 e. The van der Waals surface area contributed by atoms with E-state index < -0.39 is 0 Å². The van der Waals surface area contributed by atoms with Gasteiger partial charge in [-0.15, -0.1) is 11.3 Å². The summed E-state index contributed by atoms with van der Waals surface area (Å²) >= 11 is 1.87. The van der Waals surface area contributed by atoms with Crippen molar-refractivity contribution in [3.05, 3.63) is 175 Å². The van der Waals surface area contributed by atoms with E-state index in [0.29, 0.717) is 0 Å². The van der Waals surface area contributed by atoms with Crippen LogP contribution in [0.4, 0.5) is 17.1 Å². The fourth-order valence-electron chi connectivity index (χ4n) is 7.74. The van der Waals surface area contributed by atoms with Gasteiger partial charge in [0.1, 0.15) is 0 Å². The summed E-state index contributed by atoms with van der Waals surface area (Å²) in [7, 11) is 0. The third-order valence-corrected chi connectivity index (χ3v) is 11.0. The summed E-state index contributed by atoms with van der Waals surface area (Å²) in [6.07, 6.45) is 0. The predicted octanol–water partition coefficient (Wildman–Crippen LogP) is 13.2. The Kier molecular flexibility index (Phi) is 6.41. The Bertz CT molecular complexity index is 2430. The number of fused-ring (bicyclic) bond motifs is 6. The van der Waals surface area contributed by atoms with Crippen LogP contribution in [0.2, 0.25) is 0 Å². The average Bonchev–Trinajstić information content (AvgIpc) is 3.62. The zero-order chi connectivity index (χ0) is 31.5. The van der Waals surface area contributed by atoms with Crippen LogP contribution in [0.5, 0.6) is 0 Å². The van der Waals surface area contributed by atoms with E-state index in [1.165, 1.54) is 76.1 Å². The lowest BCUT2D eigenvalue weighted by molar-refractivity contribution is 0.661. The molecular formula is C45H33NS. The molecule has 1 aromatic heterocycles. The normalized spacial score (nSPS) is 13.1.